The first-order chi connectivity index (χ1) is 6.69. The van der Waals surface area contributed by atoms with Gasteiger partial charge in [-0.25, -0.2) is 0 Å². The Morgan fingerprint density at radius 3 is 2.50 bits per heavy atom. The normalized spacial score (nSPS) is 12.5. The van der Waals surface area contributed by atoms with Crippen LogP contribution in [-0.4, -0.2) is 24.5 Å². The van der Waals surface area contributed by atoms with E-state index in [-0.39, 0.29) is 12.3 Å². The van der Waals surface area contributed by atoms with Crippen molar-refractivity contribution in [1.82, 2.24) is 0 Å². The number of methoxy groups -OCH3 is 1. The molecule has 0 saturated heterocycles. The summed E-state index contributed by atoms with van der Waals surface area (Å²) < 4.78 is 4.71. The van der Waals surface area contributed by atoms with Crippen LogP contribution >= 0.6 is 0 Å². The summed E-state index contributed by atoms with van der Waals surface area (Å²) in [5.41, 5.74) is 6.36. The maximum atomic E-state index is 11.1. The van der Waals surface area contributed by atoms with E-state index in [9.17, 15) is 9.90 Å². The Bertz CT molecular complexity index is 308. The Labute approximate surface area is 82.3 Å². The molecule has 0 amide bonds. The van der Waals surface area contributed by atoms with E-state index in [1.54, 1.807) is 24.3 Å². The van der Waals surface area contributed by atoms with Gasteiger partial charge in [-0.05, 0) is 0 Å². The van der Waals surface area contributed by atoms with Gasteiger partial charge in [-0.3, -0.25) is 4.79 Å². The molecule has 0 heterocycles. The highest BCUT2D eigenvalue weighted by Gasteiger charge is 2.07. The van der Waals surface area contributed by atoms with Gasteiger partial charge in [0.1, 0.15) is 0 Å². The van der Waals surface area contributed by atoms with E-state index in [2.05, 4.69) is 0 Å². The lowest BCUT2D eigenvalue weighted by Crippen LogP contribution is -2.13. The molecule has 0 aliphatic heterocycles. The van der Waals surface area contributed by atoms with Gasteiger partial charge in [0.05, 0.1) is 6.54 Å². The molecule has 0 radical (unpaired) electrons. The Hall–Kier alpha value is -1.23. The van der Waals surface area contributed by atoms with Gasteiger partial charge < -0.3 is 15.6 Å². The SMILES string of the molecule is COC(O)c1ccc(C(=O)CN)cc1. The molecule has 76 valence electrons. The molecule has 0 bridgehead atoms. The number of aliphatic hydroxyl groups excluding tert-OH is 1. The second kappa shape index (κ2) is 4.85. The molecular weight excluding hydrogens is 182 g/mol. The van der Waals surface area contributed by atoms with Crippen LogP contribution in [0.4, 0.5) is 0 Å². The average Bonchev–Trinajstić information content (AvgIpc) is 2.27. The minimum Gasteiger partial charge on any atom is -0.364 e. The van der Waals surface area contributed by atoms with Gasteiger partial charge in [0.2, 0.25) is 0 Å². The van der Waals surface area contributed by atoms with Crippen LogP contribution in [-0.2, 0) is 4.74 Å². The number of ketones is 1. The number of ether oxygens (including phenoxy) is 1. The molecule has 0 saturated carbocycles. The van der Waals surface area contributed by atoms with Crippen molar-refractivity contribution in [3.8, 4) is 0 Å². The van der Waals surface area contributed by atoms with Crippen LogP contribution in [0.5, 0.6) is 0 Å². The lowest BCUT2D eigenvalue weighted by Gasteiger charge is -2.08. The molecule has 0 aliphatic carbocycles. The molecule has 4 nitrogen and oxygen atoms in total. The van der Waals surface area contributed by atoms with Gasteiger partial charge in [-0.15, -0.1) is 0 Å². The quantitative estimate of drug-likeness (QED) is 0.541. The third kappa shape index (κ3) is 2.38. The van der Waals surface area contributed by atoms with E-state index >= 15 is 0 Å². The molecule has 1 rings (SSSR count). The molecule has 0 spiro atoms. The molecule has 1 unspecified atom stereocenters. The smallest absolute Gasteiger partial charge is 0.180 e. The minimum atomic E-state index is -0.947. The summed E-state index contributed by atoms with van der Waals surface area (Å²) in [5, 5.41) is 9.28. The third-order valence-electron chi connectivity index (χ3n) is 1.93. The fraction of sp³-hybridized carbons (Fsp3) is 0.300. The standard InChI is InChI=1S/C10H13NO3/c1-14-10(13)8-4-2-7(3-5-8)9(12)6-11/h2-5,10,13H,6,11H2,1H3. The molecule has 0 fully saturated rings. The van der Waals surface area contributed by atoms with Gasteiger partial charge in [0, 0.05) is 18.2 Å². The molecule has 14 heavy (non-hydrogen) atoms. The predicted molar refractivity (Wildman–Crippen MR) is 51.8 cm³/mol. The van der Waals surface area contributed by atoms with Gasteiger partial charge in [-0.1, -0.05) is 24.3 Å². The summed E-state index contributed by atoms with van der Waals surface area (Å²) in [6.45, 7) is -0.00776. The van der Waals surface area contributed by atoms with Crippen LogP contribution in [0.15, 0.2) is 24.3 Å². The molecule has 0 aromatic heterocycles. The number of rotatable bonds is 4. The first-order valence-corrected chi connectivity index (χ1v) is 4.23. The van der Waals surface area contributed by atoms with E-state index in [1.165, 1.54) is 7.11 Å². The fourth-order valence-electron chi connectivity index (χ4n) is 1.09. The Morgan fingerprint density at radius 1 is 1.50 bits per heavy atom. The van der Waals surface area contributed by atoms with Gasteiger partial charge in [-0.2, -0.15) is 0 Å². The zero-order valence-electron chi connectivity index (χ0n) is 7.93. The average molecular weight is 195 g/mol. The van der Waals surface area contributed by atoms with Crippen molar-refractivity contribution in [1.29, 1.82) is 0 Å². The summed E-state index contributed by atoms with van der Waals surface area (Å²) in [5.74, 6) is -0.122. The lowest BCUT2D eigenvalue weighted by molar-refractivity contribution is -0.0769. The molecule has 1 aromatic rings. The lowest BCUT2D eigenvalue weighted by atomic mass is 10.1. The van der Waals surface area contributed by atoms with Crippen molar-refractivity contribution < 1.29 is 14.6 Å². The summed E-state index contributed by atoms with van der Waals surface area (Å²) in [4.78, 5) is 11.1. The van der Waals surface area contributed by atoms with E-state index < -0.39 is 6.29 Å². The zero-order valence-corrected chi connectivity index (χ0v) is 7.93. The molecule has 1 aromatic carbocycles. The highest BCUT2D eigenvalue weighted by Crippen LogP contribution is 2.13. The van der Waals surface area contributed by atoms with Crippen LogP contribution < -0.4 is 5.73 Å². The molecule has 4 heteroatoms. The Balaban J connectivity index is 2.83. The van der Waals surface area contributed by atoms with E-state index in [4.69, 9.17) is 10.5 Å². The number of hydrogen-bond acceptors (Lipinski definition) is 4. The molecule has 3 N–H and O–H groups in total. The van der Waals surface area contributed by atoms with Gasteiger partial charge in [0.15, 0.2) is 12.1 Å². The van der Waals surface area contributed by atoms with Crippen molar-refractivity contribution in [3.63, 3.8) is 0 Å². The number of carbonyl (C=O) groups is 1. The van der Waals surface area contributed by atoms with Crippen LogP contribution in [0.3, 0.4) is 0 Å². The van der Waals surface area contributed by atoms with Crippen LogP contribution in [0.25, 0.3) is 0 Å². The fourth-order valence-corrected chi connectivity index (χ4v) is 1.09. The molecular formula is C10H13NO3. The largest absolute Gasteiger partial charge is 0.364 e. The number of aliphatic hydroxyl groups is 1. The van der Waals surface area contributed by atoms with Crippen LogP contribution in [0.1, 0.15) is 22.2 Å². The van der Waals surface area contributed by atoms with E-state index in [0.29, 0.717) is 11.1 Å². The Kier molecular flexibility index (Phi) is 3.76. The number of carbonyl (C=O) groups excluding carboxylic acids is 1. The van der Waals surface area contributed by atoms with Crippen LogP contribution in [0.2, 0.25) is 0 Å². The zero-order chi connectivity index (χ0) is 10.6. The van der Waals surface area contributed by atoms with Crippen molar-refractivity contribution in [2.24, 2.45) is 5.73 Å². The first kappa shape index (κ1) is 10.8. The Morgan fingerprint density at radius 2 is 2.07 bits per heavy atom. The van der Waals surface area contributed by atoms with Gasteiger partial charge >= 0.3 is 0 Å². The topological polar surface area (TPSA) is 72.5 Å². The minimum absolute atomic E-state index is 0.00776. The second-order valence-electron chi connectivity index (χ2n) is 2.84. The first-order valence-electron chi connectivity index (χ1n) is 4.23. The monoisotopic (exact) mass is 195 g/mol. The van der Waals surface area contributed by atoms with E-state index in [0.717, 1.165) is 0 Å². The number of Topliss-reactive ketones (excluding diaryl/α,β-unsaturated/α-hetero) is 1. The highest BCUT2D eigenvalue weighted by molar-refractivity contribution is 5.97. The summed E-state index contributed by atoms with van der Waals surface area (Å²) in [7, 11) is 1.41. The van der Waals surface area contributed by atoms with Crippen LogP contribution in [0, 0.1) is 0 Å². The molecule has 0 aliphatic rings. The number of nitrogens with two attached hydrogens (primary N) is 1. The van der Waals surface area contributed by atoms with E-state index in [1.807, 2.05) is 0 Å². The summed E-state index contributed by atoms with van der Waals surface area (Å²) in [6, 6.07) is 6.51. The van der Waals surface area contributed by atoms with Crippen molar-refractivity contribution in [2.45, 2.75) is 6.29 Å². The van der Waals surface area contributed by atoms with Crippen molar-refractivity contribution in [3.05, 3.63) is 35.4 Å². The summed E-state index contributed by atoms with van der Waals surface area (Å²) >= 11 is 0. The third-order valence-corrected chi connectivity index (χ3v) is 1.93. The van der Waals surface area contributed by atoms with Gasteiger partial charge in [0.25, 0.3) is 0 Å². The summed E-state index contributed by atoms with van der Waals surface area (Å²) in [6.07, 6.45) is -0.947. The predicted octanol–water partition coefficient (Wildman–Crippen LogP) is 0.465. The number of hydrogen-bond donors (Lipinski definition) is 2. The maximum Gasteiger partial charge on any atom is 0.180 e. The second-order valence-corrected chi connectivity index (χ2v) is 2.84. The van der Waals surface area contributed by atoms with Crippen molar-refractivity contribution in [2.75, 3.05) is 13.7 Å². The highest BCUT2D eigenvalue weighted by atomic mass is 16.6. The number of benzene rings is 1. The maximum absolute atomic E-state index is 11.1. The van der Waals surface area contributed by atoms with Crippen molar-refractivity contribution >= 4 is 5.78 Å². The molecule has 1 atom stereocenters.